The molecule has 1 aliphatic rings. The van der Waals surface area contributed by atoms with Crippen LogP contribution >= 0.6 is 0 Å². The van der Waals surface area contributed by atoms with E-state index in [-0.39, 0.29) is 11.8 Å². The predicted molar refractivity (Wildman–Crippen MR) is 74.9 cm³/mol. The molecule has 0 spiro atoms. The minimum atomic E-state index is -1.02. The number of aliphatic carboxylic acids is 1. The molecule has 1 saturated carbocycles. The van der Waals surface area contributed by atoms with Crippen molar-refractivity contribution >= 4 is 11.9 Å². The van der Waals surface area contributed by atoms with Gasteiger partial charge in [0.05, 0.1) is 0 Å². The molecule has 0 radical (unpaired) electrons. The van der Waals surface area contributed by atoms with Crippen molar-refractivity contribution in [3.63, 3.8) is 0 Å². The summed E-state index contributed by atoms with van der Waals surface area (Å²) in [5.74, 6) is -1.07. The molecular formula is C15H27NO3. The first-order valence-electron chi connectivity index (χ1n) is 7.57. The van der Waals surface area contributed by atoms with Crippen LogP contribution in [0.5, 0.6) is 0 Å². The maximum absolute atomic E-state index is 12.2. The highest BCUT2D eigenvalue weighted by atomic mass is 16.4. The summed E-state index contributed by atoms with van der Waals surface area (Å²) in [6.07, 6.45) is 7.93. The fourth-order valence-corrected chi connectivity index (χ4v) is 2.72. The maximum atomic E-state index is 12.2. The molecule has 19 heavy (non-hydrogen) atoms. The molecule has 0 bridgehead atoms. The fraction of sp³-hybridized carbons (Fsp3) is 0.867. The summed E-state index contributed by atoms with van der Waals surface area (Å²) in [7, 11) is 0. The Kier molecular flexibility index (Phi) is 6.32. The molecule has 4 heteroatoms. The molecule has 0 aromatic rings. The van der Waals surface area contributed by atoms with Gasteiger partial charge in [0.25, 0.3) is 0 Å². The first-order chi connectivity index (χ1) is 9.02. The summed E-state index contributed by atoms with van der Waals surface area (Å²) in [4.78, 5) is 23.8. The van der Waals surface area contributed by atoms with E-state index >= 15 is 0 Å². The SMILES string of the molecule is CCCCC(C)C(=O)NC1(C(=O)O)CCCCCC1. The third-order valence-corrected chi connectivity index (χ3v) is 4.17. The number of hydrogen-bond donors (Lipinski definition) is 2. The first-order valence-corrected chi connectivity index (χ1v) is 7.57. The fourth-order valence-electron chi connectivity index (χ4n) is 2.72. The van der Waals surface area contributed by atoms with Gasteiger partial charge < -0.3 is 10.4 Å². The van der Waals surface area contributed by atoms with Crippen LogP contribution < -0.4 is 5.32 Å². The van der Waals surface area contributed by atoms with E-state index in [1.165, 1.54) is 0 Å². The Labute approximate surface area is 116 Å². The second-order valence-corrected chi connectivity index (χ2v) is 5.83. The largest absolute Gasteiger partial charge is 0.480 e. The molecular weight excluding hydrogens is 242 g/mol. The Hall–Kier alpha value is -1.06. The van der Waals surface area contributed by atoms with Crippen LogP contribution in [0, 0.1) is 5.92 Å². The summed E-state index contributed by atoms with van der Waals surface area (Å²) < 4.78 is 0. The van der Waals surface area contributed by atoms with Crippen LogP contribution in [0.1, 0.15) is 71.6 Å². The zero-order valence-electron chi connectivity index (χ0n) is 12.2. The Bertz CT molecular complexity index is 307. The maximum Gasteiger partial charge on any atom is 0.329 e. The van der Waals surface area contributed by atoms with E-state index in [0.29, 0.717) is 12.8 Å². The van der Waals surface area contributed by atoms with Crippen LogP contribution in [0.15, 0.2) is 0 Å². The minimum absolute atomic E-state index is 0.0978. The van der Waals surface area contributed by atoms with E-state index in [1.54, 1.807) is 0 Å². The number of nitrogens with one attached hydrogen (secondary N) is 1. The van der Waals surface area contributed by atoms with Crippen molar-refractivity contribution in [2.75, 3.05) is 0 Å². The van der Waals surface area contributed by atoms with Gasteiger partial charge in [-0.2, -0.15) is 0 Å². The molecule has 0 aliphatic heterocycles. The lowest BCUT2D eigenvalue weighted by atomic mass is 9.89. The van der Waals surface area contributed by atoms with Gasteiger partial charge in [0.1, 0.15) is 5.54 Å². The highest BCUT2D eigenvalue weighted by Gasteiger charge is 2.40. The Morgan fingerprint density at radius 1 is 1.21 bits per heavy atom. The zero-order chi connectivity index (χ0) is 14.3. The van der Waals surface area contributed by atoms with E-state index in [4.69, 9.17) is 0 Å². The normalized spacial score (nSPS) is 20.3. The molecule has 0 aromatic carbocycles. The number of carbonyl (C=O) groups excluding carboxylic acids is 1. The molecule has 1 amide bonds. The number of rotatable bonds is 6. The number of unbranched alkanes of at least 4 members (excludes halogenated alkanes) is 1. The number of hydrogen-bond acceptors (Lipinski definition) is 2. The number of carbonyl (C=O) groups is 2. The first kappa shape index (κ1) is 16.0. The second-order valence-electron chi connectivity index (χ2n) is 5.83. The minimum Gasteiger partial charge on any atom is -0.480 e. The average molecular weight is 269 g/mol. The van der Waals surface area contributed by atoms with E-state index in [9.17, 15) is 14.7 Å². The predicted octanol–water partition coefficient (Wildman–Crippen LogP) is 3.11. The van der Waals surface area contributed by atoms with Gasteiger partial charge in [-0.05, 0) is 19.3 Å². The number of carboxylic acids is 1. The van der Waals surface area contributed by atoms with Crippen molar-refractivity contribution < 1.29 is 14.7 Å². The highest BCUT2D eigenvalue weighted by molar-refractivity contribution is 5.87. The molecule has 0 aromatic heterocycles. The number of amides is 1. The summed E-state index contributed by atoms with van der Waals surface area (Å²) in [5, 5.41) is 12.3. The molecule has 0 heterocycles. The van der Waals surface area contributed by atoms with Crippen molar-refractivity contribution in [2.45, 2.75) is 77.2 Å². The third-order valence-electron chi connectivity index (χ3n) is 4.17. The summed E-state index contributed by atoms with van der Waals surface area (Å²) in [5.41, 5.74) is -1.02. The Balaban J connectivity index is 2.67. The molecule has 110 valence electrons. The van der Waals surface area contributed by atoms with E-state index in [2.05, 4.69) is 12.2 Å². The Morgan fingerprint density at radius 3 is 2.26 bits per heavy atom. The highest BCUT2D eigenvalue weighted by Crippen LogP contribution is 2.28. The van der Waals surface area contributed by atoms with Crippen LogP contribution in [0.2, 0.25) is 0 Å². The van der Waals surface area contributed by atoms with E-state index in [0.717, 1.165) is 44.9 Å². The van der Waals surface area contributed by atoms with Crippen molar-refractivity contribution in [2.24, 2.45) is 5.92 Å². The second kappa shape index (κ2) is 7.51. The standard InChI is InChI=1S/C15H27NO3/c1-3-4-9-12(2)13(17)16-15(14(18)19)10-7-5-6-8-11-15/h12H,3-11H2,1-2H3,(H,16,17)(H,18,19). The van der Waals surface area contributed by atoms with Crippen LogP contribution in [-0.2, 0) is 9.59 Å². The summed E-state index contributed by atoms with van der Waals surface area (Å²) >= 11 is 0. The van der Waals surface area contributed by atoms with Crippen molar-refractivity contribution in [1.29, 1.82) is 0 Å². The van der Waals surface area contributed by atoms with Crippen molar-refractivity contribution in [3.05, 3.63) is 0 Å². The monoisotopic (exact) mass is 269 g/mol. The van der Waals surface area contributed by atoms with Gasteiger partial charge in [0.15, 0.2) is 0 Å². The van der Waals surface area contributed by atoms with Gasteiger partial charge in [0, 0.05) is 5.92 Å². The topological polar surface area (TPSA) is 66.4 Å². The quantitative estimate of drug-likeness (QED) is 0.728. The molecule has 1 unspecified atom stereocenters. The van der Waals surface area contributed by atoms with Crippen LogP contribution in [-0.4, -0.2) is 22.5 Å². The molecule has 1 aliphatic carbocycles. The van der Waals surface area contributed by atoms with Crippen molar-refractivity contribution in [1.82, 2.24) is 5.32 Å². The summed E-state index contributed by atoms with van der Waals surface area (Å²) in [6.45, 7) is 3.98. The van der Waals surface area contributed by atoms with Crippen LogP contribution in [0.4, 0.5) is 0 Å². The zero-order valence-corrected chi connectivity index (χ0v) is 12.2. The molecule has 1 atom stereocenters. The third kappa shape index (κ3) is 4.51. The van der Waals surface area contributed by atoms with Crippen LogP contribution in [0.25, 0.3) is 0 Å². The van der Waals surface area contributed by atoms with E-state index < -0.39 is 11.5 Å². The molecule has 1 fully saturated rings. The summed E-state index contributed by atoms with van der Waals surface area (Å²) in [6, 6.07) is 0. The van der Waals surface area contributed by atoms with Gasteiger partial charge in [-0.1, -0.05) is 52.4 Å². The molecule has 0 saturated heterocycles. The van der Waals surface area contributed by atoms with Crippen LogP contribution in [0.3, 0.4) is 0 Å². The lowest BCUT2D eigenvalue weighted by molar-refractivity contribution is -0.149. The average Bonchev–Trinajstić information content (AvgIpc) is 2.62. The van der Waals surface area contributed by atoms with Crippen molar-refractivity contribution in [3.8, 4) is 0 Å². The lowest BCUT2D eigenvalue weighted by Crippen LogP contribution is -2.55. The van der Waals surface area contributed by atoms with Gasteiger partial charge in [-0.3, -0.25) is 4.79 Å². The lowest BCUT2D eigenvalue weighted by Gasteiger charge is -2.30. The van der Waals surface area contributed by atoms with Gasteiger partial charge in [-0.15, -0.1) is 0 Å². The molecule has 1 rings (SSSR count). The molecule has 2 N–H and O–H groups in total. The smallest absolute Gasteiger partial charge is 0.329 e. The van der Waals surface area contributed by atoms with E-state index in [1.807, 2.05) is 6.92 Å². The van der Waals surface area contributed by atoms with Gasteiger partial charge in [-0.25, -0.2) is 4.79 Å². The van der Waals surface area contributed by atoms with Gasteiger partial charge >= 0.3 is 5.97 Å². The number of carboxylic acid groups (broad SMARTS) is 1. The Morgan fingerprint density at radius 2 is 1.79 bits per heavy atom. The molecule has 4 nitrogen and oxygen atoms in total. The van der Waals surface area contributed by atoms with Gasteiger partial charge in [0.2, 0.25) is 5.91 Å².